The number of nitrogens with zero attached hydrogens (tertiary/aromatic N) is 2. The number of carbonyl (C=O) groups excluding carboxylic acids is 1. The fourth-order valence-electron chi connectivity index (χ4n) is 3.46. The number of rotatable bonds is 5. The topological polar surface area (TPSA) is 57.8 Å². The van der Waals surface area contributed by atoms with Crippen LogP contribution in [0.4, 0.5) is 0 Å². The molecule has 0 radical (unpaired) electrons. The van der Waals surface area contributed by atoms with Crippen molar-refractivity contribution in [3.8, 4) is 11.8 Å². The third-order valence-electron chi connectivity index (χ3n) is 5.20. The smallest absolute Gasteiger partial charge is 0.262 e. The molecule has 0 aliphatic carbocycles. The van der Waals surface area contributed by atoms with Gasteiger partial charge in [-0.15, -0.1) is 0 Å². The Kier molecular flexibility index (Phi) is 6.44. The lowest BCUT2D eigenvalue weighted by atomic mass is 10.1. The average Bonchev–Trinajstić information content (AvgIpc) is 3.01. The molecule has 3 aromatic rings. The summed E-state index contributed by atoms with van der Waals surface area (Å²) in [6, 6.07) is 19.4. The van der Waals surface area contributed by atoms with E-state index in [1.165, 1.54) is 0 Å². The van der Waals surface area contributed by atoms with Gasteiger partial charge in [0.05, 0.1) is 6.04 Å². The molecule has 4 nitrogen and oxygen atoms in total. The number of hydrogen-bond acceptors (Lipinski definition) is 2. The van der Waals surface area contributed by atoms with Crippen LogP contribution >= 0.6 is 11.6 Å². The standard InChI is InChI=1S/C25H24ClN3O/c1-16-10-11-23(14-24(16)26)29-17(2)12-21(19(29)4)13-22(15-27)25(30)28-18(3)20-8-6-5-7-9-20/h5-14,18H,1-4H3,(H,28,30)/b22-13+/t18-/m1/s1. The number of nitrogens with one attached hydrogen (secondary N) is 1. The molecule has 3 rings (SSSR count). The van der Waals surface area contributed by atoms with Gasteiger partial charge in [-0.25, -0.2) is 0 Å². The number of nitriles is 1. The molecule has 0 saturated carbocycles. The van der Waals surface area contributed by atoms with Gasteiger partial charge in [0, 0.05) is 22.1 Å². The van der Waals surface area contributed by atoms with Gasteiger partial charge in [0.15, 0.2) is 0 Å². The molecule has 30 heavy (non-hydrogen) atoms. The highest BCUT2D eigenvalue weighted by Crippen LogP contribution is 2.26. The molecule has 1 heterocycles. The normalized spacial score (nSPS) is 12.3. The number of aryl methyl sites for hydroxylation is 2. The number of halogens is 1. The van der Waals surface area contributed by atoms with Gasteiger partial charge in [-0.3, -0.25) is 4.79 Å². The van der Waals surface area contributed by atoms with E-state index in [1.807, 2.05) is 88.4 Å². The molecule has 152 valence electrons. The summed E-state index contributed by atoms with van der Waals surface area (Å²) in [7, 11) is 0. The van der Waals surface area contributed by atoms with E-state index in [2.05, 4.69) is 9.88 Å². The zero-order valence-electron chi connectivity index (χ0n) is 17.5. The van der Waals surface area contributed by atoms with Crippen LogP contribution in [0.3, 0.4) is 0 Å². The summed E-state index contributed by atoms with van der Waals surface area (Å²) in [5, 5.41) is 13.2. The predicted molar refractivity (Wildman–Crippen MR) is 122 cm³/mol. The first-order valence-electron chi connectivity index (χ1n) is 9.75. The zero-order chi connectivity index (χ0) is 21.8. The lowest BCUT2D eigenvalue weighted by Gasteiger charge is -2.14. The van der Waals surface area contributed by atoms with E-state index in [4.69, 9.17) is 11.6 Å². The molecule has 0 saturated heterocycles. The van der Waals surface area contributed by atoms with Crippen molar-refractivity contribution in [3.05, 3.63) is 93.3 Å². The Morgan fingerprint density at radius 1 is 1.13 bits per heavy atom. The molecule has 0 aliphatic heterocycles. The molecule has 1 atom stereocenters. The Balaban J connectivity index is 1.90. The largest absolute Gasteiger partial charge is 0.345 e. The third kappa shape index (κ3) is 4.48. The van der Waals surface area contributed by atoms with E-state index in [9.17, 15) is 10.1 Å². The Labute approximate surface area is 182 Å². The van der Waals surface area contributed by atoms with E-state index in [0.29, 0.717) is 5.02 Å². The van der Waals surface area contributed by atoms with Crippen LogP contribution in [-0.4, -0.2) is 10.5 Å². The molecule has 0 bridgehead atoms. The number of hydrogen-bond donors (Lipinski definition) is 1. The molecular weight excluding hydrogens is 394 g/mol. The first kappa shape index (κ1) is 21.4. The quantitative estimate of drug-likeness (QED) is 0.418. The average molecular weight is 418 g/mol. The van der Waals surface area contributed by atoms with E-state index >= 15 is 0 Å². The van der Waals surface area contributed by atoms with Crippen LogP contribution in [0.25, 0.3) is 11.8 Å². The summed E-state index contributed by atoms with van der Waals surface area (Å²) in [5.74, 6) is -0.392. The van der Waals surface area contributed by atoms with Gasteiger partial charge in [0.1, 0.15) is 11.6 Å². The maximum Gasteiger partial charge on any atom is 0.262 e. The van der Waals surface area contributed by atoms with Crippen molar-refractivity contribution in [2.24, 2.45) is 0 Å². The highest BCUT2D eigenvalue weighted by Gasteiger charge is 2.16. The van der Waals surface area contributed by atoms with Crippen LogP contribution < -0.4 is 5.32 Å². The molecule has 0 aliphatic rings. The maximum atomic E-state index is 12.7. The van der Waals surface area contributed by atoms with Crippen molar-refractivity contribution < 1.29 is 4.79 Å². The van der Waals surface area contributed by atoms with Crippen molar-refractivity contribution >= 4 is 23.6 Å². The van der Waals surface area contributed by atoms with Crippen LogP contribution in [0, 0.1) is 32.1 Å². The van der Waals surface area contributed by atoms with Crippen LogP contribution in [0.1, 0.15) is 41.0 Å². The van der Waals surface area contributed by atoms with Gasteiger partial charge in [0.2, 0.25) is 0 Å². The minimum absolute atomic E-state index is 0.0694. The van der Waals surface area contributed by atoms with Crippen molar-refractivity contribution in [1.29, 1.82) is 5.26 Å². The first-order chi connectivity index (χ1) is 14.3. The monoisotopic (exact) mass is 417 g/mol. The van der Waals surface area contributed by atoms with Crippen molar-refractivity contribution in [1.82, 2.24) is 9.88 Å². The van der Waals surface area contributed by atoms with Crippen LogP contribution in [-0.2, 0) is 4.79 Å². The summed E-state index contributed by atoms with van der Waals surface area (Å²) < 4.78 is 2.07. The summed E-state index contributed by atoms with van der Waals surface area (Å²) in [6.45, 7) is 7.81. The summed E-state index contributed by atoms with van der Waals surface area (Å²) in [5.41, 5.74) is 5.76. The van der Waals surface area contributed by atoms with Gasteiger partial charge in [-0.05, 0) is 68.7 Å². The van der Waals surface area contributed by atoms with Crippen molar-refractivity contribution in [2.75, 3.05) is 0 Å². The van der Waals surface area contributed by atoms with Gasteiger partial charge in [-0.2, -0.15) is 5.26 Å². The second kappa shape index (κ2) is 9.02. The van der Waals surface area contributed by atoms with Crippen LogP contribution in [0.2, 0.25) is 5.02 Å². The Morgan fingerprint density at radius 3 is 2.47 bits per heavy atom. The summed E-state index contributed by atoms with van der Waals surface area (Å²) >= 11 is 6.30. The predicted octanol–water partition coefficient (Wildman–Crippen LogP) is 5.84. The zero-order valence-corrected chi connectivity index (χ0v) is 18.3. The Morgan fingerprint density at radius 2 is 1.83 bits per heavy atom. The number of aromatic nitrogens is 1. The van der Waals surface area contributed by atoms with Crippen LogP contribution in [0.5, 0.6) is 0 Å². The van der Waals surface area contributed by atoms with Gasteiger partial charge in [0.25, 0.3) is 5.91 Å². The molecule has 0 unspecified atom stereocenters. The second-order valence-corrected chi connectivity index (χ2v) is 7.78. The number of amides is 1. The molecule has 1 aromatic heterocycles. The lowest BCUT2D eigenvalue weighted by molar-refractivity contribution is -0.117. The first-order valence-corrected chi connectivity index (χ1v) is 10.1. The molecular formula is C25H24ClN3O. The van der Waals surface area contributed by atoms with Crippen molar-refractivity contribution in [3.63, 3.8) is 0 Å². The fraction of sp³-hybridized carbons (Fsp3) is 0.200. The van der Waals surface area contributed by atoms with Gasteiger partial charge in [-0.1, -0.05) is 48.0 Å². The van der Waals surface area contributed by atoms with E-state index in [-0.39, 0.29) is 11.6 Å². The maximum absolute atomic E-state index is 12.7. The van der Waals surface area contributed by atoms with Gasteiger partial charge < -0.3 is 9.88 Å². The third-order valence-corrected chi connectivity index (χ3v) is 5.60. The Hall–Kier alpha value is -3.29. The minimum atomic E-state index is -0.392. The highest BCUT2D eigenvalue weighted by molar-refractivity contribution is 6.31. The minimum Gasteiger partial charge on any atom is -0.345 e. The van der Waals surface area contributed by atoms with Gasteiger partial charge >= 0.3 is 0 Å². The molecule has 0 spiro atoms. The van der Waals surface area contributed by atoms with E-state index in [1.54, 1.807) is 6.08 Å². The fourth-order valence-corrected chi connectivity index (χ4v) is 3.63. The lowest BCUT2D eigenvalue weighted by Crippen LogP contribution is -2.27. The van der Waals surface area contributed by atoms with E-state index < -0.39 is 5.91 Å². The number of carbonyl (C=O) groups is 1. The SMILES string of the molecule is Cc1ccc(-n2c(C)cc(/C=C(\C#N)C(=O)N[C@H](C)c3ccccc3)c2C)cc1Cl. The molecule has 1 amide bonds. The molecule has 2 aromatic carbocycles. The highest BCUT2D eigenvalue weighted by atomic mass is 35.5. The summed E-state index contributed by atoms with van der Waals surface area (Å²) in [4.78, 5) is 12.7. The molecule has 5 heteroatoms. The number of benzene rings is 2. The summed E-state index contributed by atoms with van der Waals surface area (Å²) in [6.07, 6.45) is 1.64. The Bertz CT molecular complexity index is 1150. The second-order valence-electron chi connectivity index (χ2n) is 7.37. The molecule has 0 fully saturated rings. The van der Waals surface area contributed by atoms with Crippen LogP contribution in [0.15, 0.2) is 60.2 Å². The molecule has 1 N–H and O–H groups in total. The van der Waals surface area contributed by atoms with E-state index in [0.717, 1.165) is 33.8 Å². The van der Waals surface area contributed by atoms with Crippen molar-refractivity contribution in [2.45, 2.75) is 33.7 Å².